The average molecular weight is 434 g/mol. The molecule has 132 valence electrons. The molecule has 0 amide bonds. The first-order valence-electron chi connectivity index (χ1n) is 8.25. The van der Waals surface area contributed by atoms with Gasteiger partial charge in [-0.1, -0.05) is 6.92 Å². The first kappa shape index (κ1) is 20.2. The van der Waals surface area contributed by atoms with Crippen LogP contribution in [0.4, 0.5) is 0 Å². The van der Waals surface area contributed by atoms with Crippen LogP contribution in [0.2, 0.25) is 0 Å². The lowest BCUT2D eigenvalue weighted by Crippen LogP contribution is -2.48. The number of hydrogen-bond acceptors (Lipinski definition) is 3. The molecular formula is C16H31IN6. The van der Waals surface area contributed by atoms with Crippen LogP contribution in [0.1, 0.15) is 32.4 Å². The fourth-order valence-corrected chi connectivity index (χ4v) is 2.97. The topological polar surface area (TPSA) is 57.5 Å². The van der Waals surface area contributed by atoms with E-state index < -0.39 is 0 Å². The van der Waals surface area contributed by atoms with Gasteiger partial charge >= 0.3 is 0 Å². The second kappa shape index (κ2) is 10.1. The molecule has 7 heteroatoms. The molecule has 1 fully saturated rings. The summed E-state index contributed by atoms with van der Waals surface area (Å²) in [7, 11) is 3.76. The smallest absolute Gasteiger partial charge is 0.191 e. The zero-order valence-electron chi connectivity index (χ0n) is 14.7. The van der Waals surface area contributed by atoms with Crippen molar-refractivity contribution in [2.45, 2.75) is 39.3 Å². The van der Waals surface area contributed by atoms with Crippen molar-refractivity contribution in [3.8, 4) is 0 Å². The zero-order chi connectivity index (χ0) is 15.9. The number of piperidine rings is 1. The molecule has 2 rings (SSSR count). The maximum atomic E-state index is 4.30. The van der Waals surface area contributed by atoms with Gasteiger partial charge in [-0.15, -0.1) is 24.0 Å². The van der Waals surface area contributed by atoms with Gasteiger partial charge in [-0.05, 0) is 38.3 Å². The standard InChI is InChI=1S/C16H30N6.HI/c1-13-6-5-9-22(12-13)14(2)10-18-16(17-3)19-11-15-7-8-20-21(15)4;/h7-8,13-14H,5-6,9-12H2,1-4H3,(H2,17,18,19);1H. The summed E-state index contributed by atoms with van der Waals surface area (Å²) in [6, 6.07) is 2.54. The van der Waals surface area contributed by atoms with Crippen molar-refractivity contribution >= 4 is 29.9 Å². The van der Waals surface area contributed by atoms with Gasteiger partial charge in [0.05, 0.1) is 12.2 Å². The molecule has 2 heterocycles. The van der Waals surface area contributed by atoms with E-state index in [4.69, 9.17) is 0 Å². The fraction of sp³-hybridized carbons (Fsp3) is 0.750. The van der Waals surface area contributed by atoms with Crippen LogP contribution in [-0.2, 0) is 13.6 Å². The molecular weight excluding hydrogens is 403 g/mol. The number of halogens is 1. The number of aryl methyl sites for hydroxylation is 1. The molecule has 1 aliphatic heterocycles. The second-order valence-corrected chi connectivity index (χ2v) is 6.34. The van der Waals surface area contributed by atoms with Gasteiger partial charge in [-0.25, -0.2) is 0 Å². The number of likely N-dealkylation sites (tertiary alicyclic amines) is 1. The highest BCUT2D eigenvalue weighted by Gasteiger charge is 2.20. The summed E-state index contributed by atoms with van der Waals surface area (Å²) in [5, 5.41) is 10.9. The molecule has 0 radical (unpaired) electrons. The van der Waals surface area contributed by atoms with E-state index in [1.54, 1.807) is 0 Å². The van der Waals surface area contributed by atoms with Crippen LogP contribution in [0.25, 0.3) is 0 Å². The van der Waals surface area contributed by atoms with Gasteiger partial charge in [0.25, 0.3) is 0 Å². The van der Waals surface area contributed by atoms with Crippen LogP contribution in [0.5, 0.6) is 0 Å². The molecule has 2 N–H and O–H groups in total. The van der Waals surface area contributed by atoms with Crippen molar-refractivity contribution in [3.05, 3.63) is 18.0 Å². The molecule has 0 spiro atoms. The van der Waals surface area contributed by atoms with E-state index in [1.165, 1.54) is 25.9 Å². The van der Waals surface area contributed by atoms with Gasteiger partial charge in [0.2, 0.25) is 0 Å². The lowest BCUT2D eigenvalue weighted by atomic mass is 9.99. The SMILES string of the molecule is CN=C(NCc1ccnn1C)NCC(C)N1CCCC(C)C1.I. The minimum atomic E-state index is 0. The summed E-state index contributed by atoms with van der Waals surface area (Å²) in [4.78, 5) is 6.87. The van der Waals surface area contributed by atoms with Crippen LogP contribution >= 0.6 is 24.0 Å². The van der Waals surface area contributed by atoms with Crippen LogP contribution in [-0.4, -0.2) is 53.4 Å². The number of guanidine groups is 1. The van der Waals surface area contributed by atoms with Crippen molar-refractivity contribution in [2.24, 2.45) is 18.0 Å². The monoisotopic (exact) mass is 434 g/mol. The summed E-state index contributed by atoms with van der Waals surface area (Å²) in [6.07, 6.45) is 4.50. The minimum Gasteiger partial charge on any atom is -0.355 e. The molecule has 1 aliphatic rings. The molecule has 0 bridgehead atoms. The van der Waals surface area contributed by atoms with Crippen LogP contribution < -0.4 is 10.6 Å². The Labute approximate surface area is 157 Å². The quantitative estimate of drug-likeness (QED) is 0.422. The van der Waals surface area contributed by atoms with E-state index in [9.17, 15) is 0 Å². The Morgan fingerprint density at radius 3 is 2.87 bits per heavy atom. The van der Waals surface area contributed by atoms with Crippen molar-refractivity contribution in [3.63, 3.8) is 0 Å². The van der Waals surface area contributed by atoms with E-state index in [2.05, 4.69) is 39.5 Å². The van der Waals surface area contributed by atoms with Gasteiger partial charge in [0, 0.05) is 39.4 Å². The Balaban J connectivity index is 0.00000264. The third-order valence-electron chi connectivity index (χ3n) is 4.46. The Morgan fingerprint density at radius 2 is 2.26 bits per heavy atom. The Morgan fingerprint density at radius 1 is 1.48 bits per heavy atom. The van der Waals surface area contributed by atoms with Gasteiger partial charge in [0.15, 0.2) is 5.96 Å². The normalized spacial score (nSPS) is 20.7. The molecule has 6 nitrogen and oxygen atoms in total. The summed E-state index contributed by atoms with van der Waals surface area (Å²) in [5.41, 5.74) is 1.14. The minimum absolute atomic E-state index is 0. The van der Waals surface area contributed by atoms with Gasteiger partial charge in [0.1, 0.15) is 0 Å². The van der Waals surface area contributed by atoms with Crippen LogP contribution in [0.15, 0.2) is 17.3 Å². The summed E-state index contributed by atoms with van der Waals surface area (Å²) in [6.45, 7) is 8.71. The van der Waals surface area contributed by atoms with Crippen molar-refractivity contribution in [1.82, 2.24) is 25.3 Å². The number of nitrogens with one attached hydrogen (secondary N) is 2. The molecule has 0 aliphatic carbocycles. The third kappa shape index (κ3) is 6.29. The largest absolute Gasteiger partial charge is 0.355 e. The van der Waals surface area contributed by atoms with E-state index >= 15 is 0 Å². The fourth-order valence-electron chi connectivity index (χ4n) is 2.97. The number of rotatable bonds is 5. The average Bonchev–Trinajstić information content (AvgIpc) is 2.92. The van der Waals surface area contributed by atoms with Gasteiger partial charge in [-0.3, -0.25) is 14.6 Å². The Hall–Kier alpha value is -0.830. The highest BCUT2D eigenvalue weighted by atomic mass is 127. The lowest BCUT2D eigenvalue weighted by molar-refractivity contribution is 0.139. The Kier molecular flexibility index (Phi) is 8.90. The van der Waals surface area contributed by atoms with Crippen molar-refractivity contribution in [1.29, 1.82) is 0 Å². The third-order valence-corrected chi connectivity index (χ3v) is 4.46. The van der Waals surface area contributed by atoms with E-state index in [0.29, 0.717) is 6.04 Å². The van der Waals surface area contributed by atoms with E-state index in [-0.39, 0.29) is 24.0 Å². The predicted molar refractivity (Wildman–Crippen MR) is 106 cm³/mol. The molecule has 1 aromatic heterocycles. The lowest BCUT2D eigenvalue weighted by Gasteiger charge is -2.35. The maximum absolute atomic E-state index is 4.30. The first-order valence-corrected chi connectivity index (χ1v) is 8.25. The number of hydrogen-bond donors (Lipinski definition) is 2. The first-order chi connectivity index (χ1) is 10.6. The highest BCUT2D eigenvalue weighted by molar-refractivity contribution is 14.0. The molecule has 23 heavy (non-hydrogen) atoms. The summed E-state index contributed by atoms with van der Waals surface area (Å²) < 4.78 is 1.87. The zero-order valence-corrected chi connectivity index (χ0v) is 17.1. The molecule has 0 saturated carbocycles. The molecule has 2 unspecified atom stereocenters. The van der Waals surface area contributed by atoms with Crippen molar-refractivity contribution < 1.29 is 0 Å². The molecule has 2 atom stereocenters. The van der Waals surface area contributed by atoms with Gasteiger partial charge < -0.3 is 10.6 Å². The van der Waals surface area contributed by atoms with Crippen LogP contribution in [0, 0.1) is 5.92 Å². The number of nitrogens with zero attached hydrogens (tertiary/aromatic N) is 4. The van der Waals surface area contributed by atoms with E-state index in [1.807, 2.05) is 31.0 Å². The Bertz CT molecular complexity index is 487. The predicted octanol–water partition coefficient (Wildman–Crippen LogP) is 1.82. The molecule has 1 saturated heterocycles. The summed E-state index contributed by atoms with van der Waals surface area (Å²) >= 11 is 0. The number of aliphatic imine (C=N–C) groups is 1. The highest BCUT2D eigenvalue weighted by Crippen LogP contribution is 2.17. The van der Waals surface area contributed by atoms with Crippen molar-refractivity contribution in [2.75, 3.05) is 26.7 Å². The van der Waals surface area contributed by atoms with Gasteiger partial charge in [-0.2, -0.15) is 5.10 Å². The number of aromatic nitrogens is 2. The molecule has 0 aromatic carbocycles. The molecule has 1 aromatic rings. The van der Waals surface area contributed by atoms with E-state index in [0.717, 1.165) is 30.7 Å². The second-order valence-electron chi connectivity index (χ2n) is 6.34. The summed E-state index contributed by atoms with van der Waals surface area (Å²) in [5.74, 6) is 1.66. The maximum Gasteiger partial charge on any atom is 0.191 e. The van der Waals surface area contributed by atoms with Crippen LogP contribution in [0.3, 0.4) is 0 Å².